The first-order chi connectivity index (χ1) is 13.0. The predicted molar refractivity (Wildman–Crippen MR) is 97.8 cm³/mol. The molecule has 4 nitrogen and oxygen atoms in total. The molecule has 1 aliphatic heterocycles. The summed E-state index contributed by atoms with van der Waals surface area (Å²) < 4.78 is 26.9. The Kier molecular flexibility index (Phi) is 4.41. The molecule has 0 bridgehead atoms. The lowest BCUT2D eigenvalue weighted by Gasteiger charge is -2.16. The highest BCUT2D eigenvalue weighted by molar-refractivity contribution is 5.98. The van der Waals surface area contributed by atoms with Gasteiger partial charge in [0, 0.05) is 29.9 Å². The number of halogens is 2. The van der Waals surface area contributed by atoms with E-state index < -0.39 is 17.7 Å². The predicted octanol–water partition coefficient (Wildman–Crippen LogP) is 3.51. The molecule has 4 rings (SSSR count). The van der Waals surface area contributed by atoms with Crippen LogP contribution in [-0.4, -0.2) is 10.9 Å². The number of benzene rings is 2. The monoisotopic (exact) mass is 365 g/mol. The molecule has 2 heterocycles. The zero-order chi connectivity index (χ0) is 19.0. The molecule has 136 valence electrons. The van der Waals surface area contributed by atoms with Crippen LogP contribution in [0.5, 0.6) is 0 Å². The second kappa shape index (κ2) is 6.89. The number of fused-ring (bicyclic) bond motifs is 1. The summed E-state index contributed by atoms with van der Waals surface area (Å²) in [7, 11) is 0. The second-order valence-corrected chi connectivity index (χ2v) is 6.58. The molecule has 1 aromatic heterocycles. The van der Waals surface area contributed by atoms with E-state index in [4.69, 9.17) is 5.73 Å². The third-order valence-electron chi connectivity index (χ3n) is 4.67. The van der Waals surface area contributed by atoms with E-state index in [9.17, 15) is 13.6 Å². The Balaban J connectivity index is 1.68. The third kappa shape index (κ3) is 3.44. The van der Waals surface area contributed by atoms with Crippen LogP contribution in [0, 0.1) is 11.6 Å². The number of nitrogens with one attached hydrogen (secondary N) is 1. The molecule has 0 saturated carbocycles. The molecule has 0 fully saturated rings. The van der Waals surface area contributed by atoms with E-state index in [0.717, 1.165) is 22.8 Å². The number of nitrogens with two attached hydrogens (primary N) is 1. The topological polar surface area (TPSA) is 68.0 Å². The van der Waals surface area contributed by atoms with Crippen LogP contribution in [-0.2, 0) is 13.0 Å². The first-order valence-electron chi connectivity index (χ1n) is 8.58. The van der Waals surface area contributed by atoms with Gasteiger partial charge in [0.15, 0.2) is 0 Å². The maximum absolute atomic E-state index is 13.5. The van der Waals surface area contributed by atoms with Gasteiger partial charge in [0.25, 0.3) is 5.91 Å². The minimum absolute atomic E-state index is 0.0761. The summed E-state index contributed by atoms with van der Waals surface area (Å²) >= 11 is 0. The number of hydrogen-bond acceptors (Lipinski definition) is 3. The highest BCUT2D eigenvalue weighted by atomic mass is 19.1. The standard InChI is InChI=1S/C21H17F2N3O/c22-15-6-12(7-16(23)10-15)8-19(24)20-17(2-1-5-25-20)13-3-4-18-14(9-13)11-26-21(18)27/h1-7,9-10,19H,8,11,24H2,(H,26,27)/t19-/m0/s1. The van der Waals surface area contributed by atoms with Crippen molar-refractivity contribution in [2.45, 2.75) is 19.0 Å². The van der Waals surface area contributed by atoms with Gasteiger partial charge in [-0.05, 0) is 53.4 Å². The van der Waals surface area contributed by atoms with Crippen molar-refractivity contribution in [3.8, 4) is 11.1 Å². The quantitative estimate of drug-likeness (QED) is 0.743. The molecule has 3 N–H and O–H groups in total. The molecule has 6 heteroatoms. The van der Waals surface area contributed by atoms with E-state index in [1.165, 1.54) is 12.1 Å². The maximum atomic E-state index is 13.5. The Morgan fingerprint density at radius 2 is 1.85 bits per heavy atom. The van der Waals surface area contributed by atoms with Crippen molar-refractivity contribution in [3.63, 3.8) is 0 Å². The van der Waals surface area contributed by atoms with Gasteiger partial charge in [-0.25, -0.2) is 8.78 Å². The van der Waals surface area contributed by atoms with Gasteiger partial charge in [-0.15, -0.1) is 0 Å². The summed E-state index contributed by atoms with van der Waals surface area (Å²) in [6.07, 6.45) is 1.90. The Labute approximate surface area is 155 Å². The summed E-state index contributed by atoms with van der Waals surface area (Å²) in [5.74, 6) is -1.34. The lowest BCUT2D eigenvalue weighted by atomic mass is 9.94. The van der Waals surface area contributed by atoms with Crippen molar-refractivity contribution < 1.29 is 13.6 Å². The van der Waals surface area contributed by atoms with Gasteiger partial charge in [0.1, 0.15) is 11.6 Å². The Morgan fingerprint density at radius 1 is 1.07 bits per heavy atom. The number of carbonyl (C=O) groups excluding carboxylic acids is 1. The van der Waals surface area contributed by atoms with Crippen molar-refractivity contribution in [2.75, 3.05) is 0 Å². The average Bonchev–Trinajstić information content (AvgIpc) is 3.01. The number of aromatic nitrogens is 1. The maximum Gasteiger partial charge on any atom is 0.251 e. The van der Waals surface area contributed by atoms with Crippen LogP contribution in [0.2, 0.25) is 0 Å². The molecule has 1 aliphatic rings. The molecule has 0 aliphatic carbocycles. The number of pyridine rings is 1. The average molecular weight is 365 g/mol. The van der Waals surface area contributed by atoms with Crippen LogP contribution in [0.15, 0.2) is 54.7 Å². The normalized spacial score (nSPS) is 14.0. The molecular weight excluding hydrogens is 348 g/mol. The van der Waals surface area contributed by atoms with Crippen LogP contribution < -0.4 is 11.1 Å². The number of carbonyl (C=O) groups is 1. The van der Waals surface area contributed by atoms with E-state index in [2.05, 4.69) is 10.3 Å². The minimum Gasteiger partial charge on any atom is -0.348 e. The largest absolute Gasteiger partial charge is 0.348 e. The van der Waals surface area contributed by atoms with Gasteiger partial charge < -0.3 is 11.1 Å². The van der Waals surface area contributed by atoms with Gasteiger partial charge in [0.2, 0.25) is 0 Å². The van der Waals surface area contributed by atoms with Crippen molar-refractivity contribution in [1.29, 1.82) is 0 Å². The summed E-state index contributed by atoms with van der Waals surface area (Å²) in [5, 5.41) is 2.79. The summed E-state index contributed by atoms with van der Waals surface area (Å²) in [6, 6.07) is 12.2. The van der Waals surface area contributed by atoms with Gasteiger partial charge in [-0.2, -0.15) is 0 Å². The SMILES string of the molecule is N[C@@H](Cc1cc(F)cc(F)c1)c1ncccc1-c1ccc2c(c1)CNC2=O. The van der Waals surface area contributed by atoms with E-state index in [0.29, 0.717) is 23.4 Å². The minimum atomic E-state index is -0.630. The van der Waals surface area contributed by atoms with Gasteiger partial charge in [-0.3, -0.25) is 9.78 Å². The van der Waals surface area contributed by atoms with Gasteiger partial charge in [-0.1, -0.05) is 12.1 Å². The fourth-order valence-electron chi connectivity index (χ4n) is 3.44. The molecule has 3 aromatic rings. The van der Waals surface area contributed by atoms with Crippen LogP contribution in [0.3, 0.4) is 0 Å². The van der Waals surface area contributed by atoms with Crippen LogP contribution in [0.25, 0.3) is 11.1 Å². The molecule has 0 radical (unpaired) electrons. The number of nitrogens with zero attached hydrogens (tertiary/aromatic N) is 1. The zero-order valence-electron chi connectivity index (χ0n) is 14.4. The fourth-order valence-corrected chi connectivity index (χ4v) is 3.44. The van der Waals surface area contributed by atoms with E-state index in [1.807, 2.05) is 24.3 Å². The Bertz CT molecular complexity index is 1020. The third-order valence-corrected chi connectivity index (χ3v) is 4.67. The molecule has 1 amide bonds. The Hall–Kier alpha value is -3.12. The number of amides is 1. The molecule has 2 aromatic carbocycles. The molecule has 1 atom stereocenters. The molecule has 27 heavy (non-hydrogen) atoms. The molecule has 0 saturated heterocycles. The van der Waals surface area contributed by atoms with Crippen LogP contribution in [0.1, 0.15) is 33.2 Å². The van der Waals surface area contributed by atoms with Gasteiger partial charge >= 0.3 is 0 Å². The van der Waals surface area contributed by atoms with E-state index >= 15 is 0 Å². The van der Waals surface area contributed by atoms with Crippen LogP contribution >= 0.6 is 0 Å². The molecular formula is C21H17F2N3O. The lowest BCUT2D eigenvalue weighted by molar-refractivity contribution is 0.0966. The first kappa shape index (κ1) is 17.3. The summed E-state index contributed by atoms with van der Waals surface area (Å²) in [5.41, 5.74) is 10.8. The van der Waals surface area contributed by atoms with Crippen LogP contribution in [0.4, 0.5) is 8.78 Å². The van der Waals surface area contributed by atoms with Crippen molar-refractivity contribution in [3.05, 3.63) is 88.7 Å². The number of rotatable bonds is 4. The highest BCUT2D eigenvalue weighted by Crippen LogP contribution is 2.30. The summed E-state index contributed by atoms with van der Waals surface area (Å²) in [6.45, 7) is 0.492. The Morgan fingerprint density at radius 3 is 2.63 bits per heavy atom. The van der Waals surface area contributed by atoms with Crippen molar-refractivity contribution in [1.82, 2.24) is 10.3 Å². The summed E-state index contributed by atoms with van der Waals surface area (Å²) in [4.78, 5) is 16.2. The van der Waals surface area contributed by atoms with E-state index in [1.54, 1.807) is 12.3 Å². The first-order valence-corrected chi connectivity index (χ1v) is 8.58. The van der Waals surface area contributed by atoms with Crippen molar-refractivity contribution >= 4 is 5.91 Å². The molecule has 0 unspecified atom stereocenters. The lowest BCUT2D eigenvalue weighted by Crippen LogP contribution is -2.16. The zero-order valence-corrected chi connectivity index (χ0v) is 14.4. The van der Waals surface area contributed by atoms with E-state index in [-0.39, 0.29) is 12.3 Å². The number of hydrogen-bond donors (Lipinski definition) is 2. The second-order valence-electron chi connectivity index (χ2n) is 6.58. The van der Waals surface area contributed by atoms with Crippen molar-refractivity contribution in [2.24, 2.45) is 5.73 Å². The highest BCUT2D eigenvalue weighted by Gasteiger charge is 2.21. The van der Waals surface area contributed by atoms with Gasteiger partial charge in [0.05, 0.1) is 11.7 Å². The fraction of sp³-hybridized carbons (Fsp3) is 0.143. The molecule has 0 spiro atoms. The smallest absolute Gasteiger partial charge is 0.251 e.